The van der Waals surface area contributed by atoms with Crippen LogP contribution in [-0.4, -0.2) is 60.4 Å². The number of rotatable bonds is 5. The second-order valence-electron chi connectivity index (χ2n) is 6.87. The minimum atomic E-state index is -3.37. The predicted molar refractivity (Wildman–Crippen MR) is 97.6 cm³/mol. The Morgan fingerprint density at radius 2 is 1.46 bits per heavy atom. The van der Waals surface area contributed by atoms with Gasteiger partial charge in [-0.1, -0.05) is 12.8 Å². The molecule has 1 aromatic rings. The van der Waals surface area contributed by atoms with Gasteiger partial charge in [-0.15, -0.1) is 0 Å². The molecule has 0 aromatic heterocycles. The first-order valence-electron chi connectivity index (χ1n) is 9.22. The molecular weight excluding hydrogens is 356 g/mol. The predicted octanol–water partition coefficient (Wildman–Crippen LogP) is 2.35. The standard InChI is InChI=1S/C18H26N2O5S/c21-18(22)15-5-7-16(8-6-15)25-17-9-13-20(14-10-17)26(23,24)19-11-3-1-2-4-12-19/h5-8,17H,1-4,9-14H2,(H,21,22). The molecule has 0 unspecified atom stereocenters. The highest BCUT2D eigenvalue weighted by Crippen LogP contribution is 2.23. The summed E-state index contributed by atoms with van der Waals surface area (Å²) < 4.78 is 34.7. The van der Waals surface area contributed by atoms with Gasteiger partial charge in [0.15, 0.2) is 0 Å². The molecular formula is C18H26N2O5S. The maximum atomic E-state index is 12.8. The van der Waals surface area contributed by atoms with Crippen LogP contribution in [0.3, 0.4) is 0 Å². The molecule has 1 aromatic carbocycles. The molecule has 1 N–H and O–H groups in total. The van der Waals surface area contributed by atoms with Crippen LogP contribution in [0.2, 0.25) is 0 Å². The van der Waals surface area contributed by atoms with Gasteiger partial charge in [0.25, 0.3) is 10.2 Å². The lowest BCUT2D eigenvalue weighted by atomic mass is 10.1. The summed E-state index contributed by atoms with van der Waals surface area (Å²) in [5, 5.41) is 8.92. The summed E-state index contributed by atoms with van der Waals surface area (Å²) in [5.74, 6) is -0.354. The minimum absolute atomic E-state index is 0.0544. The van der Waals surface area contributed by atoms with Gasteiger partial charge in [0, 0.05) is 26.2 Å². The first-order valence-corrected chi connectivity index (χ1v) is 10.6. The Balaban J connectivity index is 1.54. The highest BCUT2D eigenvalue weighted by atomic mass is 32.2. The molecule has 2 fully saturated rings. The van der Waals surface area contributed by atoms with E-state index in [4.69, 9.17) is 9.84 Å². The van der Waals surface area contributed by atoms with Crippen LogP contribution in [0, 0.1) is 0 Å². The molecule has 2 aliphatic heterocycles. The van der Waals surface area contributed by atoms with Crippen LogP contribution in [0.5, 0.6) is 5.75 Å². The average molecular weight is 382 g/mol. The topological polar surface area (TPSA) is 87.1 Å². The molecule has 0 aliphatic carbocycles. The van der Waals surface area contributed by atoms with Gasteiger partial charge in [-0.05, 0) is 49.9 Å². The van der Waals surface area contributed by atoms with E-state index in [0.717, 1.165) is 25.7 Å². The molecule has 0 spiro atoms. The first-order chi connectivity index (χ1) is 12.5. The van der Waals surface area contributed by atoms with Gasteiger partial charge in [0.1, 0.15) is 11.9 Å². The number of hydrogen-bond acceptors (Lipinski definition) is 4. The first kappa shape index (κ1) is 19.1. The Bertz CT molecular complexity index is 704. The number of ether oxygens (including phenoxy) is 1. The molecule has 0 atom stereocenters. The summed E-state index contributed by atoms with van der Waals surface area (Å²) in [6.45, 7) is 2.15. The lowest BCUT2D eigenvalue weighted by molar-refractivity contribution is 0.0697. The quantitative estimate of drug-likeness (QED) is 0.845. The van der Waals surface area contributed by atoms with Crippen LogP contribution in [0.1, 0.15) is 48.9 Å². The number of aromatic carboxylic acids is 1. The lowest BCUT2D eigenvalue weighted by Crippen LogP contribution is -2.48. The minimum Gasteiger partial charge on any atom is -0.490 e. The van der Waals surface area contributed by atoms with Crippen molar-refractivity contribution in [3.05, 3.63) is 29.8 Å². The molecule has 2 heterocycles. The molecule has 8 heteroatoms. The van der Waals surface area contributed by atoms with Crippen molar-refractivity contribution in [3.63, 3.8) is 0 Å². The summed E-state index contributed by atoms with van der Waals surface area (Å²) in [7, 11) is -3.37. The summed E-state index contributed by atoms with van der Waals surface area (Å²) in [5.41, 5.74) is 0.218. The fourth-order valence-corrected chi connectivity index (χ4v) is 5.20. The van der Waals surface area contributed by atoms with E-state index in [1.807, 2.05) is 0 Å². The zero-order valence-electron chi connectivity index (χ0n) is 14.8. The van der Waals surface area contributed by atoms with Gasteiger partial charge in [-0.2, -0.15) is 17.0 Å². The van der Waals surface area contributed by atoms with Gasteiger partial charge >= 0.3 is 5.97 Å². The third-order valence-corrected chi connectivity index (χ3v) is 7.06. The van der Waals surface area contributed by atoms with Crippen molar-refractivity contribution in [3.8, 4) is 5.75 Å². The second-order valence-corrected chi connectivity index (χ2v) is 8.80. The van der Waals surface area contributed by atoms with Crippen molar-refractivity contribution in [2.75, 3.05) is 26.2 Å². The summed E-state index contributed by atoms with van der Waals surface area (Å²) in [4.78, 5) is 10.9. The number of carboxylic acids is 1. The molecule has 0 amide bonds. The van der Waals surface area contributed by atoms with Crippen LogP contribution in [0.25, 0.3) is 0 Å². The highest BCUT2D eigenvalue weighted by molar-refractivity contribution is 7.86. The monoisotopic (exact) mass is 382 g/mol. The maximum Gasteiger partial charge on any atom is 0.335 e. The number of carboxylic acid groups (broad SMARTS) is 1. The Kier molecular flexibility index (Phi) is 6.16. The largest absolute Gasteiger partial charge is 0.490 e. The zero-order valence-corrected chi connectivity index (χ0v) is 15.7. The maximum absolute atomic E-state index is 12.8. The van der Waals surface area contributed by atoms with Crippen molar-refractivity contribution < 1.29 is 23.1 Å². The molecule has 2 saturated heterocycles. The molecule has 2 aliphatic rings. The molecule has 26 heavy (non-hydrogen) atoms. The smallest absolute Gasteiger partial charge is 0.335 e. The van der Waals surface area contributed by atoms with Crippen LogP contribution >= 0.6 is 0 Å². The Morgan fingerprint density at radius 3 is 2.00 bits per heavy atom. The zero-order chi connectivity index (χ0) is 18.6. The molecule has 0 bridgehead atoms. The van der Waals surface area contributed by atoms with Crippen molar-refractivity contribution in [1.82, 2.24) is 8.61 Å². The van der Waals surface area contributed by atoms with E-state index >= 15 is 0 Å². The molecule has 7 nitrogen and oxygen atoms in total. The third-order valence-electron chi connectivity index (χ3n) is 5.02. The molecule has 144 valence electrons. The average Bonchev–Trinajstić information content (AvgIpc) is 2.93. The van der Waals surface area contributed by atoms with Crippen LogP contribution in [-0.2, 0) is 10.2 Å². The lowest BCUT2D eigenvalue weighted by Gasteiger charge is -2.34. The Hall–Kier alpha value is -1.64. The fourth-order valence-electron chi connectivity index (χ4n) is 3.48. The van der Waals surface area contributed by atoms with Gasteiger partial charge in [0.05, 0.1) is 5.56 Å². The summed E-state index contributed by atoms with van der Waals surface area (Å²) in [6.07, 6.45) is 5.28. The normalized spacial score (nSPS) is 21.2. The van der Waals surface area contributed by atoms with E-state index in [1.165, 1.54) is 12.1 Å². The van der Waals surface area contributed by atoms with E-state index in [0.29, 0.717) is 44.8 Å². The highest BCUT2D eigenvalue weighted by Gasteiger charge is 2.33. The van der Waals surface area contributed by atoms with E-state index in [2.05, 4.69) is 0 Å². The summed E-state index contributed by atoms with van der Waals surface area (Å²) >= 11 is 0. The van der Waals surface area contributed by atoms with Crippen molar-refractivity contribution in [2.24, 2.45) is 0 Å². The number of carbonyl (C=O) groups is 1. The number of piperidine rings is 1. The van der Waals surface area contributed by atoms with Crippen molar-refractivity contribution in [2.45, 2.75) is 44.6 Å². The summed E-state index contributed by atoms with van der Waals surface area (Å²) in [6, 6.07) is 6.31. The van der Waals surface area contributed by atoms with E-state index in [1.54, 1.807) is 20.7 Å². The SMILES string of the molecule is O=C(O)c1ccc(OC2CCN(S(=O)(=O)N3CCCCCC3)CC2)cc1. The number of benzene rings is 1. The number of nitrogens with zero attached hydrogens (tertiary/aromatic N) is 2. The van der Waals surface area contributed by atoms with Gasteiger partial charge in [-0.25, -0.2) is 4.79 Å². The van der Waals surface area contributed by atoms with E-state index < -0.39 is 16.2 Å². The van der Waals surface area contributed by atoms with E-state index in [-0.39, 0.29) is 11.7 Å². The fraction of sp³-hybridized carbons (Fsp3) is 0.611. The molecule has 3 rings (SSSR count). The number of hydrogen-bond donors (Lipinski definition) is 1. The van der Waals surface area contributed by atoms with E-state index in [9.17, 15) is 13.2 Å². The Morgan fingerprint density at radius 1 is 0.923 bits per heavy atom. The van der Waals surface area contributed by atoms with Crippen LogP contribution < -0.4 is 4.74 Å². The van der Waals surface area contributed by atoms with Gasteiger partial charge in [0.2, 0.25) is 0 Å². The molecule has 0 saturated carbocycles. The van der Waals surface area contributed by atoms with Crippen molar-refractivity contribution >= 4 is 16.2 Å². The van der Waals surface area contributed by atoms with Crippen LogP contribution in [0.15, 0.2) is 24.3 Å². The molecule has 0 radical (unpaired) electrons. The third kappa shape index (κ3) is 4.55. The van der Waals surface area contributed by atoms with Crippen molar-refractivity contribution in [1.29, 1.82) is 0 Å². The van der Waals surface area contributed by atoms with Crippen LogP contribution in [0.4, 0.5) is 0 Å². The Labute approximate surface area is 154 Å². The van der Waals surface area contributed by atoms with Gasteiger partial charge < -0.3 is 9.84 Å². The second kappa shape index (κ2) is 8.37. The van der Waals surface area contributed by atoms with Gasteiger partial charge in [-0.3, -0.25) is 0 Å².